The number of aliphatic carboxylic acids is 1. The molecule has 0 fully saturated rings. The molecule has 4 nitrogen and oxygen atoms in total. The Hall–Kier alpha value is -0.610. The maximum atomic E-state index is 9.24. The number of hydrogen-bond acceptors (Lipinski definition) is 3. The predicted molar refractivity (Wildman–Crippen MR) is 77.6 cm³/mol. The van der Waals surface area contributed by atoms with Gasteiger partial charge in [0.2, 0.25) is 0 Å². The Morgan fingerprint density at radius 1 is 0.833 bits per heavy atom. The molecule has 0 aliphatic rings. The summed E-state index contributed by atoms with van der Waals surface area (Å²) in [7, 11) is 0. The molecule has 0 unspecified atom stereocenters. The van der Waals surface area contributed by atoms with E-state index in [-0.39, 0.29) is 6.54 Å². The Morgan fingerprint density at radius 3 is 1.44 bits per heavy atom. The SMILES string of the molecule is CCCCCCCCCCCCN.NCC(=O)O. The zero-order chi connectivity index (χ0) is 14.1. The fraction of sp³-hybridized carbons (Fsp3) is 0.929. The average molecular weight is 260 g/mol. The summed E-state index contributed by atoms with van der Waals surface area (Å²) in [6.45, 7) is 2.86. The minimum absolute atomic E-state index is 0.278. The average Bonchev–Trinajstić information content (AvgIpc) is 2.37. The molecule has 0 spiro atoms. The number of unbranched alkanes of at least 4 members (excludes halogenated alkanes) is 9. The van der Waals surface area contributed by atoms with Crippen LogP contribution in [0.3, 0.4) is 0 Å². The quantitative estimate of drug-likeness (QED) is 0.498. The minimum Gasteiger partial charge on any atom is -0.480 e. The van der Waals surface area contributed by atoms with Crippen molar-refractivity contribution in [3.63, 3.8) is 0 Å². The van der Waals surface area contributed by atoms with Crippen molar-refractivity contribution in [3.05, 3.63) is 0 Å². The number of rotatable bonds is 11. The molecule has 0 atom stereocenters. The third kappa shape index (κ3) is 24.6. The summed E-state index contributed by atoms with van der Waals surface area (Å²) in [5.74, 6) is -0.968. The molecule has 0 amide bonds. The number of carbonyl (C=O) groups is 1. The Morgan fingerprint density at radius 2 is 1.17 bits per heavy atom. The van der Waals surface area contributed by atoms with Gasteiger partial charge >= 0.3 is 5.97 Å². The van der Waals surface area contributed by atoms with Gasteiger partial charge in [-0.15, -0.1) is 0 Å². The van der Waals surface area contributed by atoms with Crippen molar-refractivity contribution in [2.45, 2.75) is 71.1 Å². The van der Waals surface area contributed by atoms with Crippen molar-refractivity contribution in [2.75, 3.05) is 13.1 Å². The summed E-state index contributed by atoms with van der Waals surface area (Å²) >= 11 is 0. The number of nitrogens with two attached hydrogens (primary N) is 2. The van der Waals surface area contributed by atoms with E-state index in [1.807, 2.05) is 0 Å². The van der Waals surface area contributed by atoms with Crippen LogP contribution in [0.4, 0.5) is 0 Å². The number of carboxylic acids is 1. The molecule has 5 N–H and O–H groups in total. The lowest BCUT2D eigenvalue weighted by Gasteiger charge is -2.00. The zero-order valence-corrected chi connectivity index (χ0v) is 12.0. The van der Waals surface area contributed by atoms with Crippen molar-refractivity contribution in [3.8, 4) is 0 Å². The molecule has 18 heavy (non-hydrogen) atoms. The van der Waals surface area contributed by atoms with E-state index < -0.39 is 5.97 Å². The summed E-state index contributed by atoms with van der Waals surface area (Å²) in [4.78, 5) is 9.24. The molecule has 0 saturated heterocycles. The lowest BCUT2D eigenvalue weighted by atomic mass is 10.1. The summed E-state index contributed by atoms with van der Waals surface area (Å²) in [5, 5.41) is 7.60. The molecule has 4 heteroatoms. The second-order valence-corrected chi connectivity index (χ2v) is 4.57. The molecule has 0 aromatic heterocycles. The maximum absolute atomic E-state index is 9.24. The van der Waals surface area contributed by atoms with Crippen LogP contribution in [0.1, 0.15) is 71.1 Å². The molecule has 0 aliphatic heterocycles. The van der Waals surface area contributed by atoms with Crippen LogP contribution in [0.25, 0.3) is 0 Å². The molecule has 0 aromatic rings. The lowest BCUT2D eigenvalue weighted by Crippen LogP contribution is -2.10. The number of carboxylic acid groups (broad SMARTS) is 1. The largest absolute Gasteiger partial charge is 0.480 e. The van der Waals surface area contributed by atoms with E-state index in [1.54, 1.807) is 0 Å². The molecule has 0 heterocycles. The highest BCUT2D eigenvalue weighted by molar-refractivity contribution is 5.68. The normalized spacial score (nSPS) is 9.72. The Kier molecular flexibility index (Phi) is 20.5. The highest BCUT2D eigenvalue weighted by atomic mass is 16.4. The van der Waals surface area contributed by atoms with Gasteiger partial charge in [0, 0.05) is 0 Å². The topological polar surface area (TPSA) is 89.3 Å². The lowest BCUT2D eigenvalue weighted by molar-refractivity contribution is -0.135. The van der Waals surface area contributed by atoms with Crippen LogP contribution in [0.2, 0.25) is 0 Å². The predicted octanol–water partition coefficient (Wildman–Crippen LogP) is 2.90. The van der Waals surface area contributed by atoms with Gasteiger partial charge in [0.15, 0.2) is 0 Å². The van der Waals surface area contributed by atoms with Crippen LogP contribution in [0, 0.1) is 0 Å². The Labute approximate surface area is 112 Å². The third-order valence-electron chi connectivity index (χ3n) is 2.73. The van der Waals surface area contributed by atoms with Gasteiger partial charge in [0.05, 0.1) is 6.54 Å². The van der Waals surface area contributed by atoms with Crippen LogP contribution in [-0.4, -0.2) is 24.2 Å². The Balaban J connectivity index is 0. The van der Waals surface area contributed by atoms with Gasteiger partial charge < -0.3 is 16.6 Å². The molecule has 110 valence electrons. The highest BCUT2D eigenvalue weighted by Gasteiger charge is 1.91. The first-order valence-electron chi connectivity index (χ1n) is 7.30. The van der Waals surface area contributed by atoms with E-state index in [0.29, 0.717) is 0 Å². The molecular weight excluding hydrogens is 228 g/mol. The molecule has 0 aliphatic carbocycles. The van der Waals surface area contributed by atoms with Crippen LogP contribution in [0.5, 0.6) is 0 Å². The van der Waals surface area contributed by atoms with Gasteiger partial charge in [-0.05, 0) is 13.0 Å². The van der Waals surface area contributed by atoms with Crippen molar-refractivity contribution < 1.29 is 9.90 Å². The van der Waals surface area contributed by atoms with Gasteiger partial charge in [0.1, 0.15) is 0 Å². The van der Waals surface area contributed by atoms with Gasteiger partial charge in [-0.25, -0.2) is 0 Å². The van der Waals surface area contributed by atoms with E-state index in [9.17, 15) is 4.79 Å². The molecule has 0 saturated carbocycles. The summed E-state index contributed by atoms with van der Waals surface area (Å²) in [5.41, 5.74) is 10.00. The van der Waals surface area contributed by atoms with Crippen molar-refractivity contribution >= 4 is 5.97 Å². The Bertz CT molecular complexity index is 154. The van der Waals surface area contributed by atoms with Crippen molar-refractivity contribution in [2.24, 2.45) is 11.5 Å². The van der Waals surface area contributed by atoms with E-state index >= 15 is 0 Å². The van der Waals surface area contributed by atoms with Crippen LogP contribution < -0.4 is 11.5 Å². The summed E-state index contributed by atoms with van der Waals surface area (Å²) in [6, 6.07) is 0. The monoisotopic (exact) mass is 260 g/mol. The van der Waals surface area contributed by atoms with Gasteiger partial charge in [-0.2, -0.15) is 0 Å². The van der Waals surface area contributed by atoms with E-state index in [0.717, 1.165) is 6.54 Å². The minimum atomic E-state index is -0.968. The molecule has 0 bridgehead atoms. The zero-order valence-electron chi connectivity index (χ0n) is 12.0. The molecule has 0 aromatic carbocycles. The highest BCUT2D eigenvalue weighted by Crippen LogP contribution is 2.09. The van der Waals surface area contributed by atoms with Crippen LogP contribution >= 0.6 is 0 Å². The number of hydrogen-bond donors (Lipinski definition) is 3. The third-order valence-corrected chi connectivity index (χ3v) is 2.73. The first kappa shape index (κ1) is 19.7. The van der Waals surface area contributed by atoms with Crippen LogP contribution in [0.15, 0.2) is 0 Å². The first-order chi connectivity index (χ1) is 8.68. The molecule has 0 radical (unpaired) electrons. The van der Waals surface area contributed by atoms with Gasteiger partial charge in [-0.1, -0.05) is 64.7 Å². The van der Waals surface area contributed by atoms with Crippen molar-refractivity contribution in [1.82, 2.24) is 0 Å². The van der Waals surface area contributed by atoms with Crippen molar-refractivity contribution in [1.29, 1.82) is 0 Å². The van der Waals surface area contributed by atoms with E-state index in [2.05, 4.69) is 12.7 Å². The second kappa shape index (κ2) is 18.7. The van der Waals surface area contributed by atoms with E-state index in [1.165, 1.54) is 64.2 Å². The molecular formula is C14H32N2O2. The van der Waals surface area contributed by atoms with E-state index in [4.69, 9.17) is 10.8 Å². The summed E-state index contributed by atoms with van der Waals surface area (Å²) < 4.78 is 0. The van der Waals surface area contributed by atoms with Gasteiger partial charge in [0.25, 0.3) is 0 Å². The molecule has 0 rings (SSSR count). The second-order valence-electron chi connectivity index (χ2n) is 4.57. The first-order valence-corrected chi connectivity index (χ1v) is 7.30. The standard InChI is InChI=1S/C12H27N.C2H5NO2/c1-2-3-4-5-6-7-8-9-10-11-12-13;3-1-2(4)5/h2-13H2,1H3;1,3H2,(H,4,5). The maximum Gasteiger partial charge on any atom is 0.317 e. The van der Waals surface area contributed by atoms with Gasteiger partial charge in [-0.3, -0.25) is 4.79 Å². The fourth-order valence-corrected chi connectivity index (χ4v) is 1.63. The smallest absolute Gasteiger partial charge is 0.317 e. The van der Waals surface area contributed by atoms with Crippen LogP contribution in [-0.2, 0) is 4.79 Å². The summed E-state index contributed by atoms with van der Waals surface area (Å²) in [6.07, 6.45) is 13.9. The fourth-order valence-electron chi connectivity index (χ4n) is 1.63.